The van der Waals surface area contributed by atoms with Gasteiger partial charge in [-0.05, 0) is 29.3 Å². The van der Waals surface area contributed by atoms with Crippen molar-refractivity contribution in [2.75, 3.05) is 0 Å². The van der Waals surface area contributed by atoms with Crippen LogP contribution in [0.2, 0.25) is 0 Å². The minimum Gasteiger partial charge on any atom is -0.289 e. The Morgan fingerprint density at radius 1 is 1.42 bits per heavy atom. The van der Waals surface area contributed by atoms with Gasteiger partial charge in [-0.15, -0.1) is 0 Å². The van der Waals surface area contributed by atoms with Crippen molar-refractivity contribution in [3.8, 4) is 0 Å². The van der Waals surface area contributed by atoms with Gasteiger partial charge in [0, 0.05) is 10.7 Å². The van der Waals surface area contributed by atoms with Crippen LogP contribution in [0, 0.1) is 0 Å². The van der Waals surface area contributed by atoms with E-state index >= 15 is 0 Å². The number of fused-ring (bicyclic) bond motifs is 1. The average Bonchev–Trinajstić information content (AvgIpc) is 2.05. The van der Waals surface area contributed by atoms with E-state index in [0.717, 1.165) is 15.6 Å². The van der Waals surface area contributed by atoms with Crippen LogP contribution in [0.25, 0.3) is 6.08 Å². The van der Waals surface area contributed by atoms with Crippen molar-refractivity contribution in [3.63, 3.8) is 0 Å². The zero-order valence-corrected chi connectivity index (χ0v) is 7.95. The Morgan fingerprint density at radius 2 is 2.25 bits per heavy atom. The maximum absolute atomic E-state index is 9.16. The number of halogens is 1. The summed E-state index contributed by atoms with van der Waals surface area (Å²) in [7, 11) is 0. The van der Waals surface area contributed by atoms with Gasteiger partial charge in [-0.3, -0.25) is 10.3 Å². The van der Waals surface area contributed by atoms with E-state index in [1.807, 2.05) is 24.3 Å². The molecule has 12 heavy (non-hydrogen) atoms. The standard InChI is InChI=1S/C9H8BrNO/c10-9-2-1-8-6-11(12)4-3-7(8)5-9/h1-5,12H,6H2. The van der Waals surface area contributed by atoms with Crippen LogP contribution in [0.3, 0.4) is 0 Å². The second kappa shape index (κ2) is 2.92. The van der Waals surface area contributed by atoms with Gasteiger partial charge in [0.15, 0.2) is 0 Å². The topological polar surface area (TPSA) is 23.5 Å². The Morgan fingerprint density at radius 3 is 3.08 bits per heavy atom. The van der Waals surface area contributed by atoms with Crippen LogP contribution in [0.5, 0.6) is 0 Å². The summed E-state index contributed by atoms with van der Waals surface area (Å²) in [5, 5.41) is 10.3. The molecule has 2 nitrogen and oxygen atoms in total. The Kier molecular flexibility index (Phi) is 1.90. The lowest BCUT2D eigenvalue weighted by molar-refractivity contribution is -0.0494. The molecule has 0 saturated heterocycles. The van der Waals surface area contributed by atoms with Crippen molar-refractivity contribution in [2.24, 2.45) is 0 Å². The molecule has 0 fully saturated rings. The van der Waals surface area contributed by atoms with Crippen molar-refractivity contribution in [2.45, 2.75) is 6.54 Å². The van der Waals surface area contributed by atoms with Gasteiger partial charge in [0.05, 0.1) is 6.54 Å². The largest absolute Gasteiger partial charge is 0.289 e. The monoisotopic (exact) mass is 225 g/mol. The van der Waals surface area contributed by atoms with E-state index in [2.05, 4.69) is 15.9 Å². The van der Waals surface area contributed by atoms with Crippen LogP contribution >= 0.6 is 15.9 Å². The lowest BCUT2D eigenvalue weighted by Crippen LogP contribution is -2.14. The molecular formula is C9H8BrNO. The van der Waals surface area contributed by atoms with Gasteiger partial charge >= 0.3 is 0 Å². The molecule has 0 aromatic heterocycles. The molecular weight excluding hydrogens is 218 g/mol. The highest BCUT2D eigenvalue weighted by molar-refractivity contribution is 9.10. The zero-order chi connectivity index (χ0) is 8.55. The molecule has 1 heterocycles. The molecule has 0 saturated carbocycles. The third-order valence-corrected chi connectivity index (χ3v) is 2.36. The van der Waals surface area contributed by atoms with E-state index in [-0.39, 0.29) is 0 Å². The van der Waals surface area contributed by atoms with E-state index in [1.54, 1.807) is 6.20 Å². The predicted molar refractivity (Wildman–Crippen MR) is 50.5 cm³/mol. The highest BCUT2D eigenvalue weighted by Gasteiger charge is 2.07. The van der Waals surface area contributed by atoms with E-state index in [9.17, 15) is 0 Å². The molecule has 62 valence electrons. The normalized spacial score (nSPS) is 14.7. The summed E-state index contributed by atoms with van der Waals surface area (Å²) in [6.45, 7) is 0.569. The smallest absolute Gasteiger partial charge is 0.0702 e. The van der Waals surface area contributed by atoms with E-state index in [0.29, 0.717) is 6.54 Å². The first-order chi connectivity index (χ1) is 5.75. The fourth-order valence-corrected chi connectivity index (χ4v) is 1.64. The number of benzene rings is 1. The van der Waals surface area contributed by atoms with Gasteiger partial charge in [0.25, 0.3) is 0 Å². The molecule has 0 spiro atoms. The lowest BCUT2D eigenvalue weighted by Gasteiger charge is -2.18. The van der Waals surface area contributed by atoms with E-state index in [1.165, 1.54) is 5.06 Å². The Labute approximate surface area is 79.2 Å². The van der Waals surface area contributed by atoms with Crippen LogP contribution in [-0.4, -0.2) is 10.3 Å². The highest BCUT2D eigenvalue weighted by Crippen LogP contribution is 2.22. The van der Waals surface area contributed by atoms with Crippen LogP contribution in [0.15, 0.2) is 28.9 Å². The summed E-state index contributed by atoms with van der Waals surface area (Å²) in [5.41, 5.74) is 2.30. The van der Waals surface area contributed by atoms with Crippen molar-refractivity contribution >= 4 is 22.0 Å². The Bertz CT molecular complexity index is 335. The molecule has 0 amide bonds. The first-order valence-corrected chi connectivity index (χ1v) is 4.47. The Hall–Kier alpha value is -0.800. The molecule has 1 N–H and O–H groups in total. The summed E-state index contributed by atoms with van der Waals surface area (Å²) in [5.74, 6) is 0. The molecule has 1 aliphatic rings. The SMILES string of the molecule is ON1C=Cc2cc(Br)ccc2C1. The van der Waals surface area contributed by atoms with E-state index < -0.39 is 0 Å². The van der Waals surface area contributed by atoms with Crippen LogP contribution in [0.4, 0.5) is 0 Å². The summed E-state index contributed by atoms with van der Waals surface area (Å²) < 4.78 is 1.07. The van der Waals surface area contributed by atoms with Gasteiger partial charge in [0.1, 0.15) is 0 Å². The summed E-state index contributed by atoms with van der Waals surface area (Å²) in [6.07, 6.45) is 3.55. The van der Waals surface area contributed by atoms with Crippen molar-refractivity contribution < 1.29 is 5.21 Å². The van der Waals surface area contributed by atoms with Crippen LogP contribution < -0.4 is 0 Å². The van der Waals surface area contributed by atoms with E-state index in [4.69, 9.17) is 5.21 Å². The van der Waals surface area contributed by atoms with Crippen molar-refractivity contribution in [1.82, 2.24) is 5.06 Å². The quantitative estimate of drug-likeness (QED) is 0.734. The second-order valence-corrected chi connectivity index (χ2v) is 3.67. The first-order valence-electron chi connectivity index (χ1n) is 3.68. The third-order valence-electron chi connectivity index (χ3n) is 1.87. The molecule has 1 aliphatic heterocycles. The van der Waals surface area contributed by atoms with Crippen molar-refractivity contribution in [1.29, 1.82) is 0 Å². The summed E-state index contributed by atoms with van der Waals surface area (Å²) in [6, 6.07) is 6.02. The molecule has 1 aromatic carbocycles. The first kappa shape index (κ1) is 7.83. The molecule has 0 atom stereocenters. The summed E-state index contributed by atoms with van der Waals surface area (Å²) >= 11 is 3.40. The highest BCUT2D eigenvalue weighted by atomic mass is 79.9. The molecule has 3 heteroatoms. The summed E-state index contributed by atoms with van der Waals surface area (Å²) in [4.78, 5) is 0. The molecule has 0 unspecified atom stereocenters. The second-order valence-electron chi connectivity index (χ2n) is 2.76. The molecule has 0 radical (unpaired) electrons. The number of hydrogen-bond acceptors (Lipinski definition) is 2. The average molecular weight is 226 g/mol. The molecule has 2 rings (SSSR count). The number of hydrogen-bond donors (Lipinski definition) is 1. The third kappa shape index (κ3) is 1.38. The molecule has 0 bridgehead atoms. The van der Waals surface area contributed by atoms with Gasteiger partial charge < -0.3 is 0 Å². The fraction of sp³-hybridized carbons (Fsp3) is 0.111. The number of nitrogens with zero attached hydrogens (tertiary/aromatic N) is 1. The van der Waals surface area contributed by atoms with Crippen LogP contribution in [-0.2, 0) is 6.54 Å². The van der Waals surface area contributed by atoms with Gasteiger partial charge in [0.2, 0.25) is 0 Å². The fourth-order valence-electron chi connectivity index (χ4n) is 1.26. The van der Waals surface area contributed by atoms with Gasteiger partial charge in [-0.25, -0.2) is 0 Å². The lowest BCUT2D eigenvalue weighted by atomic mass is 10.1. The molecule has 0 aliphatic carbocycles. The van der Waals surface area contributed by atoms with Gasteiger partial charge in [-0.1, -0.05) is 22.0 Å². The minimum atomic E-state index is 0.569. The predicted octanol–water partition coefficient (Wildman–Crippen LogP) is 2.62. The number of hydroxylamine groups is 2. The number of rotatable bonds is 0. The van der Waals surface area contributed by atoms with Crippen molar-refractivity contribution in [3.05, 3.63) is 40.0 Å². The maximum Gasteiger partial charge on any atom is 0.0702 e. The minimum absolute atomic E-state index is 0.569. The van der Waals surface area contributed by atoms with Gasteiger partial charge in [-0.2, -0.15) is 0 Å². The van der Waals surface area contributed by atoms with Crippen LogP contribution in [0.1, 0.15) is 11.1 Å². The maximum atomic E-state index is 9.16. The zero-order valence-electron chi connectivity index (χ0n) is 6.37. The Balaban J connectivity index is 2.47. The molecule has 1 aromatic rings.